The first-order chi connectivity index (χ1) is 5.92. The van der Waals surface area contributed by atoms with E-state index in [4.69, 9.17) is 5.73 Å². The van der Waals surface area contributed by atoms with E-state index in [1.807, 2.05) is 0 Å². The quantitative estimate of drug-likeness (QED) is 0.764. The number of amidine groups is 1. The van der Waals surface area contributed by atoms with Crippen LogP contribution in [0.25, 0.3) is 0 Å². The summed E-state index contributed by atoms with van der Waals surface area (Å²) in [5, 5.41) is 3.35. The normalized spacial score (nSPS) is 20.2. The third-order valence-corrected chi connectivity index (χ3v) is 3.02. The minimum Gasteiger partial charge on any atom is -0.330 e. The van der Waals surface area contributed by atoms with Gasteiger partial charge in [-0.3, -0.25) is 4.99 Å². The molecule has 0 aliphatic carbocycles. The van der Waals surface area contributed by atoms with Gasteiger partial charge in [0.05, 0.1) is 0 Å². The number of thioether (sulfide) groups is 1. The molecule has 3 nitrogen and oxygen atoms in total. The number of halogens is 1. The highest BCUT2D eigenvalue weighted by atomic mass is 35.5. The summed E-state index contributed by atoms with van der Waals surface area (Å²) < 4.78 is 0. The molecule has 0 saturated heterocycles. The molecule has 5 heteroatoms. The van der Waals surface area contributed by atoms with E-state index in [1.54, 1.807) is 11.8 Å². The van der Waals surface area contributed by atoms with Gasteiger partial charge in [-0.15, -0.1) is 12.4 Å². The zero-order chi connectivity index (χ0) is 8.39. The molecule has 0 saturated carbocycles. The predicted molar refractivity (Wildman–Crippen MR) is 60.2 cm³/mol. The van der Waals surface area contributed by atoms with Crippen molar-refractivity contribution in [3.63, 3.8) is 0 Å². The maximum absolute atomic E-state index is 5.51. The van der Waals surface area contributed by atoms with Gasteiger partial charge in [-0.05, 0) is 18.4 Å². The van der Waals surface area contributed by atoms with Gasteiger partial charge in [-0.1, -0.05) is 11.8 Å². The monoisotopic (exact) mass is 219 g/mol. The fraction of sp³-hybridized carbons (Fsp3) is 0.625. The number of nitrogens with two attached hydrogens (primary N) is 1. The van der Waals surface area contributed by atoms with Crippen molar-refractivity contribution in [1.29, 1.82) is 0 Å². The minimum atomic E-state index is 0. The van der Waals surface area contributed by atoms with E-state index in [9.17, 15) is 0 Å². The van der Waals surface area contributed by atoms with E-state index in [-0.39, 0.29) is 12.4 Å². The molecule has 2 heterocycles. The molecule has 0 atom stereocenters. The lowest BCUT2D eigenvalue weighted by atomic mass is 10.2. The molecule has 2 rings (SSSR count). The SMILES string of the molecule is Cl.NCCC1=CSC2=NCCCN12. The molecule has 2 aliphatic heterocycles. The van der Waals surface area contributed by atoms with Gasteiger partial charge in [0.1, 0.15) is 0 Å². The van der Waals surface area contributed by atoms with Gasteiger partial charge >= 0.3 is 0 Å². The second kappa shape index (κ2) is 4.88. The Labute approximate surface area is 88.9 Å². The minimum absolute atomic E-state index is 0. The zero-order valence-corrected chi connectivity index (χ0v) is 9.03. The van der Waals surface area contributed by atoms with Crippen LogP contribution < -0.4 is 5.73 Å². The zero-order valence-electron chi connectivity index (χ0n) is 7.40. The highest BCUT2D eigenvalue weighted by Crippen LogP contribution is 2.29. The lowest BCUT2D eigenvalue weighted by molar-refractivity contribution is 0.472. The molecule has 0 aromatic rings. The number of rotatable bonds is 2. The topological polar surface area (TPSA) is 41.6 Å². The second-order valence-corrected chi connectivity index (χ2v) is 3.77. The number of aliphatic imine (C=N–C) groups is 1. The molecule has 0 spiro atoms. The Hall–Kier alpha value is -0.190. The summed E-state index contributed by atoms with van der Waals surface area (Å²) in [7, 11) is 0. The Kier molecular flexibility index (Phi) is 4.09. The third-order valence-electron chi connectivity index (χ3n) is 2.07. The highest BCUT2D eigenvalue weighted by molar-refractivity contribution is 8.16. The first-order valence-electron chi connectivity index (χ1n) is 4.29. The van der Waals surface area contributed by atoms with Crippen LogP contribution in [0.3, 0.4) is 0 Å². The van der Waals surface area contributed by atoms with Crippen LogP contribution in [0.4, 0.5) is 0 Å². The van der Waals surface area contributed by atoms with Gasteiger partial charge in [0, 0.05) is 25.2 Å². The molecule has 0 bridgehead atoms. The predicted octanol–water partition coefficient (Wildman–Crippen LogP) is 1.41. The molecule has 74 valence electrons. The summed E-state index contributed by atoms with van der Waals surface area (Å²) >= 11 is 1.73. The fourth-order valence-electron chi connectivity index (χ4n) is 1.48. The van der Waals surface area contributed by atoms with Gasteiger partial charge in [0.15, 0.2) is 5.17 Å². The molecule has 0 fully saturated rings. The summed E-state index contributed by atoms with van der Waals surface area (Å²) in [5.41, 5.74) is 6.86. The molecule has 0 unspecified atom stereocenters. The van der Waals surface area contributed by atoms with Gasteiger partial charge in [-0.25, -0.2) is 0 Å². The van der Waals surface area contributed by atoms with Crippen molar-refractivity contribution in [2.24, 2.45) is 10.7 Å². The summed E-state index contributed by atoms with van der Waals surface area (Å²) in [6, 6.07) is 0. The standard InChI is InChI=1S/C8H13N3S.ClH/c9-3-2-7-6-12-8-10-4-1-5-11(7)8;/h6H,1-5,9H2;1H. The first-order valence-corrected chi connectivity index (χ1v) is 5.17. The smallest absolute Gasteiger partial charge is 0.167 e. The van der Waals surface area contributed by atoms with Gasteiger partial charge in [-0.2, -0.15) is 0 Å². The summed E-state index contributed by atoms with van der Waals surface area (Å²) in [5.74, 6) is 0. The number of fused-ring (bicyclic) bond motifs is 1. The van der Waals surface area contributed by atoms with E-state index in [2.05, 4.69) is 15.3 Å². The van der Waals surface area contributed by atoms with Crippen molar-refractivity contribution in [1.82, 2.24) is 4.90 Å². The Bertz CT molecular complexity index is 240. The molecular formula is C8H14ClN3S. The highest BCUT2D eigenvalue weighted by Gasteiger charge is 2.23. The van der Waals surface area contributed by atoms with Crippen molar-refractivity contribution in [3.05, 3.63) is 11.1 Å². The fourth-order valence-corrected chi connectivity index (χ4v) is 2.47. The average Bonchev–Trinajstić information content (AvgIpc) is 2.50. The lowest BCUT2D eigenvalue weighted by Gasteiger charge is -2.24. The summed E-state index contributed by atoms with van der Waals surface area (Å²) in [6.45, 7) is 2.84. The van der Waals surface area contributed by atoms with Crippen LogP contribution in [-0.4, -0.2) is 29.7 Å². The molecule has 2 N–H and O–H groups in total. The Balaban J connectivity index is 0.000000845. The maximum Gasteiger partial charge on any atom is 0.167 e. The van der Waals surface area contributed by atoms with Crippen LogP contribution in [0.1, 0.15) is 12.8 Å². The molecule has 0 radical (unpaired) electrons. The summed E-state index contributed by atoms with van der Waals surface area (Å²) in [4.78, 5) is 6.73. The van der Waals surface area contributed by atoms with E-state index in [0.29, 0.717) is 0 Å². The molecule has 0 aromatic carbocycles. The van der Waals surface area contributed by atoms with E-state index in [0.717, 1.165) is 26.1 Å². The van der Waals surface area contributed by atoms with Gasteiger partial charge in [0.25, 0.3) is 0 Å². The van der Waals surface area contributed by atoms with E-state index < -0.39 is 0 Å². The van der Waals surface area contributed by atoms with E-state index >= 15 is 0 Å². The van der Waals surface area contributed by atoms with Gasteiger partial charge < -0.3 is 10.6 Å². The average molecular weight is 220 g/mol. The molecule has 13 heavy (non-hydrogen) atoms. The summed E-state index contributed by atoms with van der Waals surface area (Å²) in [6.07, 6.45) is 2.15. The Morgan fingerprint density at radius 2 is 2.46 bits per heavy atom. The van der Waals surface area contributed by atoms with Crippen molar-refractivity contribution in [2.45, 2.75) is 12.8 Å². The molecule has 0 amide bonds. The van der Waals surface area contributed by atoms with Gasteiger partial charge in [0.2, 0.25) is 0 Å². The molecular weight excluding hydrogens is 206 g/mol. The first kappa shape index (κ1) is 10.9. The van der Waals surface area contributed by atoms with Crippen LogP contribution in [0.5, 0.6) is 0 Å². The van der Waals surface area contributed by atoms with Crippen molar-refractivity contribution in [3.8, 4) is 0 Å². The molecule has 2 aliphatic rings. The van der Waals surface area contributed by atoms with Crippen LogP contribution >= 0.6 is 24.2 Å². The van der Waals surface area contributed by atoms with Crippen molar-refractivity contribution < 1.29 is 0 Å². The van der Waals surface area contributed by atoms with Crippen LogP contribution in [-0.2, 0) is 0 Å². The van der Waals surface area contributed by atoms with Crippen LogP contribution in [0.2, 0.25) is 0 Å². The number of hydrogen-bond acceptors (Lipinski definition) is 4. The van der Waals surface area contributed by atoms with Crippen molar-refractivity contribution >= 4 is 29.3 Å². The van der Waals surface area contributed by atoms with Crippen LogP contribution in [0.15, 0.2) is 16.1 Å². The third kappa shape index (κ3) is 2.18. The van der Waals surface area contributed by atoms with Crippen LogP contribution in [0, 0.1) is 0 Å². The molecule has 0 aromatic heterocycles. The largest absolute Gasteiger partial charge is 0.330 e. The van der Waals surface area contributed by atoms with Crippen molar-refractivity contribution in [2.75, 3.05) is 19.6 Å². The van der Waals surface area contributed by atoms with E-state index in [1.165, 1.54) is 17.3 Å². The number of nitrogens with zero attached hydrogens (tertiary/aromatic N) is 2. The lowest BCUT2D eigenvalue weighted by Crippen LogP contribution is -2.30. The Morgan fingerprint density at radius 3 is 3.23 bits per heavy atom. The Morgan fingerprint density at radius 1 is 1.62 bits per heavy atom. The maximum atomic E-state index is 5.51. The number of hydrogen-bond donors (Lipinski definition) is 1. The second-order valence-electron chi connectivity index (χ2n) is 2.94.